The highest BCUT2D eigenvalue weighted by Gasteiger charge is 2.27. The maximum Gasteiger partial charge on any atom is 0.247 e. The molecule has 1 aliphatic rings. The van der Waals surface area contributed by atoms with Crippen molar-refractivity contribution >= 4 is 0 Å². The van der Waals surface area contributed by atoms with Gasteiger partial charge in [-0.1, -0.05) is 36.4 Å². The van der Waals surface area contributed by atoms with E-state index in [0.717, 1.165) is 48.4 Å². The SMILES string of the molecule is Fc1ccc(C(c2ccc(F)cc2)N2CCN(Cc3nnc(-c4cccc(-c5nn[nH]n5)c4)o3)CC2)cc1. The molecule has 0 spiro atoms. The lowest BCUT2D eigenvalue weighted by Gasteiger charge is -2.39. The minimum absolute atomic E-state index is 0.0974. The third-order valence-electron chi connectivity index (χ3n) is 6.68. The second kappa shape index (κ2) is 10.6. The van der Waals surface area contributed by atoms with Gasteiger partial charge < -0.3 is 4.42 Å². The smallest absolute Gasteiger partial charge is 0.247 e. The monoisotopic (exact) mass is 514 g/mol. The standard InChI is InChI=1S/C27H24F2N8O/c28-22-8-4-18(5-9-22)25(19-6-10-23(29)11-7-19)37-14-12-36(13-15-37)17-24-30-33-27(38-24)21-3-1-2-20(16-21)26-31-34-35-32-26/h1-11,16,25H,12-15,17H2,(H,31,32,34,35). The lowest BCUT2D eigenvalue weighted by atomic mass is 9.96. The van der Waals surface area contributed by atoms with Gasteiger partial charge in [0.15, 0.2) is 0 Å². The van der Waals surface area contributed by atoms with Crippen molar-refractivity contribution < 1.29 is 13.2 Å². The molecule has 6 rings (SSSR count). The molecular formula is C27H24F2N8O. The van der Waals surface area contributed by atoms with Crippen LogP contribution in [0.5, 0.6) is 0 Å². The van der Waals surface area contributed by atoms with Crippen molar-refractivity contribution in [2.45, 2.75) is 12.6 Å². The molecule has 1 fully saturated rings. The Morgan fingerprint density at radius 3 is 2.08 bits per heavy atom. The third kappa shape index (κ3) is 5.20. The van der Waals surface area contributed by atoms with Crippen LogP contribution in [-0.2, 0) is 6.54 Å². The van der Waals surface area contributed by atoms with Gasteiger partial charge in [-0.3, -0.25) is 9.80 Å². The van der Waals surface area contributed by atoms with Crippen LogP contribution in [0.1, 0.15) is 23.1 Å². The summed E-state index contributed by atoms with van der Waals surface area (Å²) < 4.78 is 33.2. The second-order valence-corrected chi connectivity index (χ2v) is 9.13. The molecular weight excluding hydrogens is 490 g/mol. The van der Waals surface area contributed by atoms with Crippen LogP contribution in [-0.4, -0.2) is 66.8 Å². The molecule has 1 N–H and O–H groups in total. The molecule has 0 unspecified atom stereocenters. The minimum atomic E-state index is -0.281. The lowest BCUT2D eigenvalue weighted by Crippen LogP contribution is -2.47. The normalized spacial score (nSPS) is 14.8. The van der Waals surface area contributed by atoms with E-state index in [1.54, 1.807) is 24.3 Å². The van der Waals surface area contributed by atoms with Crippen LogP contribution in [0.2, 0.25) is 0 Å². The molecule has 0 saturated carbocycles. The fraction of sp³-hybridized carbons (Fsp3) is 0.222. The van der Waals surface area contributed by atoms with Gasteiger partial charge >= 0.3 is 0 Å². The Hall–Kier alpha value is -4.35. The van der Waals surface area contributed by atoms with Gasteiger partial charge in [0.1, 0.15) is 11.6 Å². The molecule has 0 aliphatic carbocycles. The van der Waals surface area contributed by atoms with Gasteiger partial charge in [-0.25, -0.2) is 8.78 Å². The molecule has 11 heteroatoms. The van der Waals surface area contributed by atoms with E-state index >= 15 is 0 Å². The molecule has 1 aliphatic heterocycles. The van der Waals surface area contributed by atoms with E-state index in [9.17, 15) is 8.78 Å². The maximum atomic E-state index is 13.6. The Kier molecular flexibility index (Phi) is 6.67. The summed E-state index contributed by atoms with van der Waals surface area (Å²) in [5.74, 6) is 0.890. The van der Waals surface area contributed by atoms with E-state index in [2.05, 4.69) is 40.6 Å². The molecule has 5 aromatic rings. The molecule has 3 aromatic carbocycles. The van der Waals surface area contributed by atoms with E-state index in [0.29, 0.717) is 24.2 Å². The Labute approximate surface area is 217 Å². The van der Waals surface area contributed by atoms with Crippen molar-refractivity contribution in [2.24, 2.45) is 0 Å². The number of benzene rings is 3. The molecule has 3 heterocycles. The van der Waals surface area contributed by atoms with Crippen molar-refractivity contribution in [3.8, 4) is 22.8 Å². The molecule has 0 atom stereocenters. The molecule has 192 valence electrons. The van der Waals surface area contributed by atoms with Crippen LogP contribution in [0, 0.1) is 11.6 Å². The van der Waals surface area contributed by atoms with Crippen LogP contribution >= 0.6 is 0 Å². The van der Waals surface area contributed by atoms with Crippen LogP contribution in [0.15, 0.2) is 77.2 Å². The van der Waals surface area contributed by atoms with Gasteiger partial charge in [0.05, 0.1) is 12.6 Å². The predicted molar refractivity (Wildman–Crippen MR) is 134 cm³/mol. The number of aromatic nitrogens is 6. The number of hydrogen-bond donors (Lipinski definition) is 1. The zero-order chi connectivity index (χ0) is 25.9. The first-order valence-corrected chi connectivity index (χ1v) is 12.3. The van der Waals surface area contributed by atoms with Crippen molar-refractivity contribution in [2.75, 3.05) is 26.2 Å². The Morgan fingerprint density at radius 1 is 0.789 bits per heavy atom. The molecule has 38 heavy (non-hydrogen) atoms. The van der Waals surface area contributed by atoms with Gasteiger partial charge in [0.25, 0.3) is 0 Å². The maximum absolute atomic E-state index is 13.6. The Morgan fingerprint density at radius 2 is 1.45 bits per heavy atom. The van der Waals surface area contributed by atoms with Crippen LogP contribution in [0.3, 0.4) is 0 Å². The summed E-state index contributed by atoms with van der Waals surface area (Å²) in [6.45, 7) is 3.64. The number of piperazine rings is 1. The highest BCUT2D eigenvalue weighted by molar-refractivity contribution is 5.64. The highest BCUT2D eigenvalue weighted by Crippen LogP contribution is 2.30. The van der Waals surface area contributed by atoms with E-state index < -0.39 is 0 Å². The van der Waals surface area contributed by atoms with Crippen molar-refractivity contribution in [3.05, 3.63) is 101 Å². The second-order valence-electron chi connectivity index (χ2n) is 9.13. The van der Waals surface area contributed by atoms with Crippen LogP contribution in [0.25, 0.3) is 22.8 Å². The van der Waals surface area contributed by atoms with Crippen molar-refractivity contribution in [1.29, 1.82) is 0 Å². The summed E-state index contributed by atoms with van der Waals surface area (Å²) >= 11 is 0. The van der Waals surface area contributed by atoms with Crippen LogP contribution in [0.4, 0.5) is 8.78 Å². The number of halogens is 2. The zero-order valence-electron chi connectivity index (χ0n) is 20.3. The number of nitrogens with zero attached hydrogens (tertiary/aromatic N) is 7. The summed E-state index contributed by atoms with van der Waals surface area (Å²) in [5.41, 5.74) is 3.51. The van der Waals surface area contributed by atoms with Crippen molar-refractivity contribution in [1.82, 2.24) is 40.6 Å². The highest BCUT2D eigenvalue weighted by atomic mass is 19.1. The average molecular weight is 515 g/mol. The molecule has 0 amide bonds. The van der Waals surface area contributed by atoms with Gasteiger partial charge in [-0.2, -0.15) is 5.21 Å². The quantitative estimate of drug-likeness (QED) is 0.347. The topological polar surface area (TPSA) is 99.9 Å². The minimum Gasteiger partial charge on any atom is -0.419 e. The average Bonchev–Trinajstić information content (AvgIpc) is 3.65. The Balaban J connectivity index is 1.13. The first-order valence-electron chi connectivity index (χ1n) is 12.3. The summed E-state index contributed by atoms with van der Waals surface area (Å²) in [7, 11) is 0. The number of tetrazole rings is 1. The summed E-state index contributed by atoms with van der Waals surface area (Å²) in [4.78, 5) is 4.59. The van der Waals surface area contributed by atoms with Crippen LogP contribution < -0.4 is 0 Å². The first-order chi connectivity index (χ1) is 18.6. The van der Waals surface area contributed by atoms with Gasteiger partial charge in [-0.15, -0.1) is 20.4 Å². The summed E-state index contributed by atoms with van der Waals surface area (Å²) in [5, 5.41) is 22.6. The fourth-order valence-electron chi connectivity index (χ4n) is 4.78. The number of hydrogen-bond acceptors (Lipinski definition) is 8. The number of aromatic amines is 1. The number of nitrogens with one attached hydrogen (secondary N) is 1. The molecule has 1 saturated heterocycles. The number of rotatable bonds is 7. The largest absolute Gasteiger partial charge is 0.419 e. The van der Waals surface area contributed by atoms with E-state index in [1.807, 2.05) is 24.3 Å². The van der Waals surface area contributed by atoms with Gasteiger partial charge in [0.2, 0.25) is 17.6 Å². The van der Waals surface area contributed by atoms with E-state index in [-0.39, 0.29) is 17.7 Å². The fourth-order valence-corrected chi connectivity index (χ4v) is 4.78. The Bertz CT molecular complexity index is 1440. The first kappa shape index (κ1) is 24.0. The predicted octanol–water partition coefficient (Wildman–Crippen LogP) is 4.10. The summed E-state index contributed by atoms with van der Waals surface area (Å²) in [6, 6.07) is 20.5. The van der Waals surface area contributed by atoms with Gasteiger partial charge in [-0.05, 0) is 52.7 Å². The third-order valence-corrected chi connectivity index (χ3v) is 6.68. The summed E-state index contributed by atoms with van der Waals surface area (Å²) in [6.07, 6.45) is 0. The van der Waals surface area contributed by atoms with Gasteiger partial charge in [0, 0.05) is 37.3 Å². The zero-order valence-corrected chi connectivity index (χ0v) is 20.3. The molecule has 9 nitrogen and oxygen atoms in total. The lowest BCUT2D eigenvalue weighted by molar-refractivity contribution is 0.0985. The molecule has 0 radical (unpaired) electrons. The molecule has 0 bridgehead atoms. The van der Waals surface area contributed by atoms with E-state index in [4.69, 9.17) is 4.42 Å². The van der Waals surface area contributed by atoms with E-state index in [1.165, 1.54) is 24.3 Å². The number of H-pyrrole nitrogens is 1. The molecule has 2 aromatic heterocycles. The van der Waals surface area contributed by atoms with Crippen molar-refractivity contribution in [3.63, 3.8) is 0 Å².